The Morgan fingerprint density at radius 1 is 0.717 bits per heavy atom. The molecule has 0 atom stereocenters. The van der Waals surface area contributed by atoms with Gasteiger partial charge < -0.3 is 9.30 Å². The molecule has 4 aromatic heterocycles. The summed E-state index contributed by atoms with van der Waals surface area (Å²) in [5, 5.41) is 3.08. The molecule has 46 heavy (non-hydrogen) atoms. The number of aryl methyl sites for hydroxylation is 2. The summed E-state index contributed by atoms with van der Waals surface area (Å²) in [6, 6.07) is 34.7. The maximum Gasteiger partial charge on any atom is 0.191 e. The molecule has 8 rings (SSSR count). The van der Waals surface area contributed by atoms with E-state index in [4.69, 9.17) is 20.4 Å². The molecule has 0 unspecified atom stereocenters. The summed E-state index contributed by atoms with van der Waals surface area (Å²) >= 11 is 0. The van der Waals surface area contributed by atoms with E-state index in [0.717, 1.165) is 55.3 Å². The number of aromatic nitrogens is 4. The van der Waals surface area contributed by atoms with Gasteiger partial charge in [-0.15, -0.1) is 0 Å². The van der Waals surface area contributed by atoms with Crippen LogP contribution in [0.25, 0.3) is 60.3 Å². The van der Waals surface area contributed by atoms with Gasteiger partial charge in [-0.3, -0.25) is 9.55 Å². The van der Waals surface area contributed by atoms with Crippen LogP contribution in [0.5, 0.6) is 11.5 Å². The number of ether oxygens (including phenoxy) is 1. The summed E-state index contributed by atoms with van der Waals surface area (Å²) in [5.41, 5.74) is 8.29. The first-order valence-corrected chi connectivity index (χ1v) is 14.9. The van der Waals surface area contributed by atoms with Gasteiger partial charge >= 0.3 is 0 Å². The first-order valence-electron chi connectivity index (χ1n) is 16.4. The summed E-state index contributed by atoms with van der Waals surface area (Å²) in [5.74, 6) is 1.57. The molecule has 6 nitrogen and oxygen atoms in total. The Morgan fingerprint density at radius 3 is 2.39 bits per heavy atom. The number of hydrogen-bond acceptors (Lipinski definition) is 3. The lowest BCUT2D eigenvalue weighted by Crippen LogP contribution is -1.97. The molecule has 0 N–H and O–H groups in total. The second kappa shape index (κ2) is 10.8. The van der Waals surface area contributed by atoms with Gasteiger partial charge in [0.1, 0.15) is 17.3 Å². The highest BCUT2D eigenvalue weighted by molar-refractivity contribution is 6.09. The molecule has 6 heteroatoms. The smallest absolute Gasteiger partial charge is 0.191 e. The number of fused-ring (bicyclic) bond motifs is 4. The Bertz CT molecular complexity index is 2610. The summed E-state index contributed by atoms with van der Waals surface area (Å²) in [7, 11) is 0. The van der Waals surface area contributed by atoms with Crippen molar-refractivity contribution in [1.82, 2.24) is 19.1 Å². The van der Waals surface area contributed by atoms with Crippen LogP contribution in [0.3, 0.4) is 0 Å². The Morgan fingerprint density at radius 2 is 1.54 bits per heavy atom. The molecule has 4 aromatic carbocycles. The van der Waals surface area contributed by atoms with Gasteiger partial charge in [0, 0.05) is 43.9 Å². The van der Waals surface area contributed by atoms with Crippen LogP contribution in [-0.2, 0) is 0 Å². The van der Waals surface area contributed by atoms with Crippen LogP contribution in [0.2, 0.25) is 0 Å². The van der Waals surface area contributed by atoms with Crippen molar-refractivity contribution in [2.45, 2.75) is 20.7 Å². The molecular formula is C40H29N5O. The predicted molar refractivity (Wildman–Crippen MR) is 186 cm³/mol. The molecule has 0 amide bonds. The Kier molecular flexibility index (Phi) is 5.65. The summed E-state index contributed by atoms with van der Waals surface area (Å²) < 4.78 is 34.4. The van der Waals surface area contributed by atoms with Crippen LogP contribution in [0, 0.1) is 27.3 Å². The van der Waals surface area contributed by atoms with Crippen LogP contribution in [-0.4, -0.2) is 19.1 Å². The average Bonchev–Trinajstić information content (AvgIpc) is 3.57. The largest absolute Gasteiger partial charge is 0.459 e. The molecule has 0 spiro atoms. The van der Waals surface area contributed by atoms with E-state index in [0.29, 0.717) is 23.0 Å². The van der Waals surface area contributed by atoms with Crippen molar-refractivity contribution >= 4 is 38.4 Å². The second-order valence-electron chi connectivity index (χ2n) is 11.3. The fraction of sp³-hybridized carbons (Fsp3) is 0.0750. The fourth-order valence-corrected chi connectivity index (χ4v) is 6.33. The number of para-hydroxylation sites is 2. The van der Waals surface area contributed by atoms with Crippen molar-refractivity contribution in [3.05, 3.63) is 150 Å². The minimum atomic E-state index is -2.26. The van der Waals surface area contributed by atoms with Gasteiger partial charge in [-0.05, 0) is 104 Å². The molecule has 0 aliphatic rings. The molecule has 0 radical (unpaired) electrons. The first kappa shape index (κ1) is 24.2. The minimum absolute atomic E-state index is 0.216. The van der Waals surface area contributed by atoms with Crippen LogP contribution in [0.4, 0.5) is 5.69 Å². The average molecular weight is 599 g/mol. The Balaban J connectivity index is 1.21. The number of benzene rings is 4. The number of nitrogens with zero attached hydrogens (tertiary/aromatic N) is 5. The quantitative estimate of drug-likeness (QED) is 0.185. The van der Waals surface area contributed by atoms with Gasteiger partial charge in [0.25, 0.3) is 0 Å². The van der Waals surface area contributed by atoms with Crippen molar-refractivity contribution in [2.75, 3.05) is 0 Å². The van der Waals surface area contributed by atoms with Gasteiger partial charge in [-0.25, -0.2) is 9.83 Å². The first-order chi connectivity index (χ1) is 23.7. The van der Waals surface area contributed by atoms with Crippen LogP contribution < -0.4 is 4.74 Å². The molecule has 0 aliphatic heterocycles. The fourth-order valence-electron chi connectivity index (χ4n) is 6.33. The van der Waals surface area contributed by atoms with E-state index in [9.17, 15) is 0 Å². The number of hydrogen-bond donors (Lipinski definition) is 0. The van der Waals surface area contributed by atoms with Crippen LogP contribution in [0.15, 0.2) is 122 Å². The zero-order valence-electron chi connectivity index (χ0n) is 28.2. The maximum absolute atomic E-state index is 7.94. The van der Waals surface area contributed by atoms with E-state index in [2.05, 4.69) is 46.4 Å². The highest BCUT2D eigenvalue weighted by Gasteiger charge is 2.17. The van der Waals surface area contributed by atoms with E-state index < -0.39 is 6.85 Å². The third-order valence-corrected chi connectivity index (χ3v) is 8.59. The monoisotopic (exact) mass is 598 g/mol. The van der Waals surface area contributed by atoms with Crippen molar-refractivity contribution in [2.24, 2.45) is 0 Å². The van der Waals surface area contributed by atoms with Gasteiger partial charge in [-0.1, -0.05) is 36.4 Å². The SMILES string of the molecule is [2H]C([2H])([2H])c1ccnc(-n2c3ccccc3c3ccc(Oc4cc([N+]#[C-])cc(-c5cc6c(C)c(C)n(-c7ccccc7)c6cn5)c4)cc32)c1. The van der Waals surface area contributed by atoms with Crippen molar-refractivity contribution in [1.29, 1.82) is 0 Å². The molecule has 0 saturated heterocycles. The third-order valence-electron chi connectivity index (χ3n) is 8.59. The molecule has 4 heterocycles. The second-order valence-corrected chi connectivity index (χ2v) is 11.3. The van der Waals surface area contributed by atoms with E-state index in [1.165, 1.54) is 17.8 Å². The molecule has 0 saturated carbocycles. The van der Waals surface area contributed by atoms with Crippen molar-refractivity contribution in [3.63, 3.8) is 0 Å². The summed E-state index contributed by atoms with van der Waals surface area (Å²) in [6.07, 6.45) is 3.42. The van der Waals surface area contributed by atoms with Gasteiger partial charge in [-0.2, -0.15) is 0 Å². The third kappa shape index (κ3) is 4.49. The van der Waals surface area contributed by atoms with Gasteiger partial charge in [0.05, 0.1) is 35.0 Å². The zero-order valence-corrected chi connectivity index (χ0v) is 25.2. The predicted octanol–water partition coefficient (Wildman–Crippen LogP) is 10.5. The molecule has 8 aromatic rings. The van der Waals surface area contributed by atoms with Crippen molar-refractivity contribution in [3.8, 4) is 34.3 Å². The van der Waals surface area contributed by atoms with E-state index in [1.807, 2.05) is 83.6 Å². The Labute approximate surface area is 270 Å². The van der Waals surface area contributed by atoms with Crippen molar-refractivity contribution < 1.29 is 8.85 Å². The lowest BCUT2D eigenvalue weighted by molar-refractivity contribution is 0.484. The highest BCUT2D eigenvalue weighted by Crippen LogP contribution is 2.38. The highest BCUT2D eigenvalue weighted by atomic mass is 16.5. The van der Waals surface area contributed by atoms with E-state index >= 15 is 0 Å². The molecule has 0 aliphatic carbocycles. The number of pyridine rings is 2. The topological polar surface area (TPSA) is 49.2 Å². The van der Waals surface area contributed by atoms with E-state index in [1.54, 1.807) is 12.1 Å². The normalized spacial score (nSPS) is 12.6. The zero-order chi connectivity index (χ0) is 33.9. The molecule has 220 valence electrons. The van der Waals surface area contributed by atoms with Gasteiger partial charge in [0.2, 0.25) is 0 Å². The van der Waals surface area contributed by atoms with Crippen LogP contribution >= 0.6 is 0 Å². The number of rotatable bonds is 5. The maximum atomic E-state index is 7.94. The molecular weight excluding hydrogens is 566 g/mol. The standard InChI is InChI=1S/C40H29N5O/c1-25-16-17-42-40(18-25)45-37-13-9-8-12-33(37)34-15-14-31(22-38(34)45)46-32-20-28(19-29(21-32)41-4)36-23-35-26(2)27(3)44(39(35)24-43-36)30-10-6-5-7-11-30/h5-24H,1-3H3/i1D3. The summed E-state index contributed by atoms with van der Waals surface area (Å²) in [6.45, 7) is 9.79. The summed E-state index contributed by atoms with van der Waals surface area (Å²) in [4.78, 5) is 13.1. The lowest BCUT2D eigenvalue weighted by Gasteiger charge is -2.11. The minimum Gasteiger partial charge on any atom is -0.459 e. The van der Waals surface area contributed by atoms with Gasteiger partial charge in [0.15, 0.2) is 5.69 Å². The molecule has 0 bridgehead atoms. The molecule has 0 fully saturated rings. The van der Waals surface area contributed by atoms with E-state index in [-0.39, 0.29) is 5.56 Å². The lowest BCUT2D eigenvalue weighted by atomic mass is 10.1. The van der Waals surface area contributed by atoms with Crippen LogP contribution in [0.1, 0.15) is 20.9 Å². The Hall–Kier alpha value is -6.19.